The fraction of sp³-hybridized carbons (Fsp3) is 0.529. The molecule has 2 rings (SSSR count). The first kappa shape index (κ1) is 15.1. The number of aliphatic hydroxyl groups is 1. The van der Waals surface area contributed by atoms with E-state index >= 15 is 0 Å². The fourth-order valence-corrected chi connectivity index (χ4v) is 2.93. The third-order valence-electron chi connectivity index (χ3n) is 3.94. The topological polar surface area (TPSA) is 49.5 Å². The molecule has 0 saturated heterocycles. The molecule has 0 amide bonds. The summed E-state index contributed by atoms with van der Waals surface area (Å²) in [6.45, 7) is 2.20. The molecule has 0 bridgehead atoms. The molecule has 0 heterocycles. The Kier molecular flexibility index (Phi) is 6.07. The van der Waals surface area contributed by atoms with Crippen LogP contribution in [0.3, 0.4) is 0 Å². The fourth-order valence-electron chi connectivity index (χ4n) is 2.93. The highest BCUT2D eigenvalue weighted by Crippen LogP contribution is 2.25. The Labute approximate surface area is 121 Å². The van der Waals surface area contributed by atoms with Gasteiger partial charge >= 0.3 is 0 Å². The molecule has 108 valence electrons. The van der Waals surface area contributed by atoms with Gasteiger partial charge in [0.2, 0.25) is 0 Å². The third-order valence-corrected chi connectivity index (χ3v) is 3.94. The lowest BCUT2D eigenvalue weighted by molar-refractivity contribution is 0.144. The highest BCUT2D eigenvalue weighted by molar-refractivity contribution is 5.41. The molecule has 0 spiro atoms. The number of aliphatic hydroxyl groups excluding tert-OH is 1. The van der Waals surface area contributed by atoms with Crippen LogP contribution in [0.25, 0.3) is 0 Å². The Morgan fingerprint density at radius 2 is 2.00 bits per heavy atom. The molecule has 1 fully saturated rings. The first-order chi connectivity index (χ1) is 9.85. The zero-order valence-electron chi connectivity index (χ0n) is 12.0. The zero-order valence-corrected chi connectivity index (χ0v) is 12.0. The summed E-state index contributed by atoms with van der Waals surface area (Å²) in [5.74, 6) is 6.08. The van der Waals surface area contributed by atoms with Gasteiger partial charge < -0.3 is 10.8 Å². The molecule has 1 aliphatic carbocycles. The molecule has 20 heavy (non-hydrogen) atoms. The Morgan fingerprint density at radius 1 is 1.25 bits per heavy atom. The highest BCUT2D eigenvalue weighted by Gasteiger charge is 2.22. The van der Waals surface area contributed by atoms with Gasteiger partial charge in [0, 0.05) is 24.7 Å². The van der Waals surface area contributed by atoms with Crippen LogP contribution in [0.4, 0.5) is 0 Å². The van der Waals surface area contributed by atoms with E-state index in [1.54, 1.807) is 0 Å². The van der Waals surface area contributed by atoms with Gasteiger partial charge in [0.05, 0.1) is 13.2 Å². The normalized spacial score (nSPS) is 15.3. The summed E-state index contributed by atoms with van der Waals surface area (Å²) in [6, 6.07) is 8.84. The number of nitrogens with two attached hydrogens (primary N) is 1. The van der Waals surface area contributed by atoms with E-state index in [0.29, 0.717) is 12.6 Å². The molecular formula is C17H24N2O. The van der Waals surface area contributed by atoms with Crippen molar-refractivity contribution in [3.05, 3.63) is 35.4 Å². The van der Waals surface area contributed by atoms with Crippen LogP contribution in [-0.4, -0.2) is 35.7 Å². The Balaban J connectivity index is 2.13. The van der Waals surface area contributed by atoms with Gasteiger partial charge in [-0.15, -0.1) is 0 Å². The minimum atomic E-state index is 0.215. The van der Waals surface area contributed by atoms with Gasteiger partial charge in [-0.3, -0.25) is 4.90 Å². The average Bonchev–Trinajstić information content (AvgIpc) is 3.00. The number of nitrogens with zero attached hydrogens (tertiary/aromatic N) is 1. The van der Waals surface area contributed by atoms with Gasteiger partial charge in [0.1, 0.15) is 0 Å². The van der Waals surface area contributed by atoms with Crippen LogP contribution in [0.1, 0.15) is 36.8 Å². The smallest absolute Gasteiger partial charge is 0.0558 e. The van der Waals surface area contributed by atoms with E-state index in [2.05, 4.69) is 28.9 Å². The van der Waals surface area contributed by atoms with Crippen molar-refractivity contribution in [2.75, 3.05) is 19.7 Å². The van der Waals surface area contributed by atoms with Crippen LogP contribution >= 0.6 is 0 Å². The monoisotopic (exact) mass is 272 g/mol. The molecule has 1 aliphatic rings. The zero-order chi connectivity index (χ0) is 14.2. The predicted molar refractivity (Wildman–Crippen MR) is 82.1 cm³/mol. The van der Waals surface area contributed by atoms with E-state index in [1.807, 2.05) is 12.1 Å². The Hall–Kier alpha value is -1.34. The van der Waals surface area contributed by atoms with Crippen molar-refractivity contribution in [3.63, 3.8) is 0 Å². The first-order valence-corrected chi connectivity index (χ1v) is 7.47. The van der Waals surface area contributed by atoms with Crippen molar-refractivity contribution >= 4 is 0 Å². The molecule has 0 aromatic heterocycles. The maximum Gasteiger partial charge on any atom is 0.0558 e. The predicted octanol–water partition coefficient (Wildman–Crippen LogP) is 1.73. The van der Waals surface area contributed by atoms with Gasteiger partial charge in [0.15, 0.2) is 0 Å². The molecule has 3 heteroatoms. The van der Waals surface area contributed by atoms with Gasteiger partial charge in [-0.25, -0.2) is 0 Å². The lowest BCUT2D eigenvalue weighted by Gasteiger charge is -2.28. The van der Waals surface area contributed by atoms with E-state index in [1.165, 1.54) is 31.2 Å². The Morgan fingerprint density at radius 3 is 2.70 bits per heavy atom. The molecule has 0 unspecified atom stereocenters. The standard InChI is InChI=1S/C17H24N2O/c18-11-5-8-15-6-1-2-7-16(15)14-19(12-13-20)17-9-3-4-10-17/h1-2,6-7,17,20H,3-4,9-14,18H2. The van der Waals surface area contributed by atoms with Gasteiger partial charge in [-0.1, -0.05) is 42.9 Å². The van der Waals surface area contributed by atoms with Gasteiger partial charge in [0.25, 0.3) is 0 Å². The maximum absolute atomic E-state index is 9.30. The maximum atomic E-state index is 9.30. The molecule has 1 saturated carbocycles. The van der Waals surface area contributed by atoms with E-state index in [9.17, 15) is 5.11 Å². The number of hydrogen-bond acceptors (Lipinski definition) is 3. The summed E-state index contributed by atoms with van der Waals surface area (Å²) in [5.41, 5.74) is 7.74. The summed E-state index contributed by atoms with van der Waals surface area (Å²) in [5, 5.41) is 9.30. The lowest BCUT2D eigenvalue weighted by Crippen LogP contribution is -2.35. The Bertz CT molecular complexity index is 469. The number of hydrogen-bond donors (Lipinski definition) is 2. The van der Waals surface area contributed by atoms with Crippen LogP contribution in [0.5, 0.6) is 0 Å². The molecule has 0 atom stereocenters. The minimum absolute atomic E-state index is 0.215. The summed E-state index contributed by atoms with van der Waals surface area (Å²) >= 11 is 0. The molecule has 1 aromatic carbocycles. The molecule has 3 N–H and O–H groups in total. The first-order valence-electron chi connectivity index (χ1n) is 7.47. The number of benzene rings is 1. The molecule has 0 aliphatic heterocycles. The average molecular weight is 272 g/mol. The molecule has 0 radical (unpaired) electrons. The minimum Gasteiger partial charge on any atom is -0.395 e. The van der Waals surface area contributed by atoms with E-state index in [4.69, 9.17) is 5.73 Å². The largest absolute Gasteiger partial charge is 0.395 e. The lowest BCUT2D eigenvalue weighted by atomic mass is 10.1. The van der Waals surface area contributed by atoms with Crippen molar-refractivity contribution in [1.29, 1.82) is 0 Å². The second-order valence-electron chi connectivity index (χ2n) is 5.30. The highest BCUT2D eigenvalue weighted by atomic mass is 16.3. The molecule has 3 nitrogen and oxygen atoms in total. The SMILES string of the molecule is NCC#Cc1ccccc1CN(CCO)C1CCCC1. The van der Waals surface area contributed by atoms with Crippen LogP contribution in [-0.2, 0) is 6.54 Å². The molecule has 1 aromatic rings. The second-order valence-corrected chi connectivity index (χ2v) is 5.30. The van der Waals surface area contributed by atoms with Crippen LogP contribution < -0.4 is 5.73 Å². The van der Waals surface area contributed by atoms with Crippen molar-refractivity contribution in [2.45, 2.75) is 38.3 Å². The van der Waals surface area contributed by atoms with E-state index < -0.39 is 0 Å². The van der Waals surface area contributed by atoms with Crippen LogP contribution in [0, 0.1) is 11.8 Å². The third kappa shape index (κ3) is 4.08. The summed E-state index contributed by atoms with van der Waals surface area (Å²) < 4.78 is 0. The quantitative estimate of drug-likeness (QED) is 0.803. The van der Waals surface area contributed by atoms with Crippen LogP contribution in [0.2, 0.25) is 0 Å². The van der Waals surface area contributed by atoms with Crippen molar-refractivity contribution < 1.29 is 5.11 Å². The van der Waals surface area contributed by atoms with Crippen molar-refractivity contribution in [2.24, 2.45) is 5.73 Å². The van der Waals surface area contributed by atoms with Crippen molar-refractivity contribution in [3.8, 4) is 11.8 Å². The second kappa shape index (κ2) is 8.06. The van der Waals surface area contributed by atoms with Crippen LogP contribution in [0.15, 0.2) is 24.3 Å². The summed E-state index contributed by atoms with van der Waals surface area (Å²) in [6.07, 6.45) is 5.11. The molecular weight excluding hydrogens is 248 g/mol. The summed E-state index contributed by atoms with van der Waals surface area (Å²) in [7, 11) is 0. The number of rotatable bonds is 5. The summed E-state index contributed by atoms with van der Waals surface area (Å²) in [4.78, 5) is 2.40. The van der Waals surface area contributed by atoms with Gasteiger partial charge in [-0.05, 0) is 24.5 Å². The van der Waals surface area contributed by atoms with E-state index in [-0.39, 0.29) is 6.61 Å². The van der Waals surface area contributed by atoms with Crippen molar-refractivity contribution in [1.82, 2.24) is 4.90 Å². The van der Waals surface area contributed by atoms with E-state index in [0.717, 1.165) is 18.7 Å². The van der Waals surface area contributed by atoms with Gasteiger partial charge in [-0.2, -0.15) is 0 Å².